The first-order chi connectivity index (χ1) is 8.99. The van der Waals surface area contributed by atoms with Crippen molar-refractivity contribution < 1.29 is 14.3 Å². The Morgan fingerprint density at radius 2 is 2.00 bits per heavy atom. The van der Waals surface area contributed by atoms with E-state index >= 15 is 0 Å². The zero-order valence-corrected chi connectivity index (χ0v) is 10.7. The number of carbonyl (C=O) groups excluding carboxylic acids is 2. The number of hydrogen-bond acceptors (Lipinski definition) is 5. The predicted molar refractivity (Wildman–Crippen MR) is 72.0 cm³/mol. The van der Waals surface area contributed by atoms with E-state index in [4.69, 9.17) is 10.5 Å². The second-order valence-electron chi connectivity index (χ2n) is 4.32. The van der Waals surface area contributed by atoms with Crippen LogP contribution < -0.4 is 5.73 Å². The minimum Gasteiger partial charge on any atom is -0.430 e. The quantitative estimate of drug-likeness (QED) is 0.381. The Bertz CT molecular complexity index is 602. The summed E-state index contributed by atoms with van der Waals surface area (Å²) in [6.07, 6.45) is 1.30. The summed E-state index contributed by atoms with van der Waals surface area (Å²) in [5, 5.41) is 0. The summed E-state index contributed by atoms with van der Waals surface area (Å²) >= 11 is 0. The molecule has 2 N–H and O–H groups in total. The highest BCUT2D eigenvalue weighted by Gasteiger charge is 2.33. The molecule has 0 saturated heterocycles. The molecule has 5 heteroatoms. The number of ketones is 1. The molecule has 98 valence electrons. The molecule has 2 rings (SSSR count). The smallest absolute Gasteiger partial charge is 0.327 e. The molecular weight excluding hydrogens is 244 g/mol. The van der Waals surface area contributed by atoms with Crippen molar-refractivity contribution >= 4 is 28.8 Å². The molecule has 0 unspecified atom stereocenters. The molecule has 0 aromatic heterocycles. The first-order valence-corrected chi connectivity index (χ1v) is 5.82. The molecule has 1 aliphatic rings. The fraction of sp³-hybridized carbons (Fsp3) is 0.214. The van der Waals surface area contributed by atoms with Crippen LogP contribution in [0.15, 0.2) is 41.1 Å². The van der Waals surface area contributed by atoms with Gasteiger partial charge < -0.3 is 10.5 Å². The third-order valence-corrected chi connectivity index (χ3v) is 2.78. The lowest BCUT2D eigenvalue weighted by atomic mass is 9.96. The van der Waals surface area contributed by atoms with Gasteiger partial charge in [0, 0.05) is 11.8 Å². The van der Waals surface area contributed by atoms with Gasteiger partial charge in [-0.25, -0.2) is 0 Å². The molecule has 0 fully saturated rings. The van der Waals surface area contributed by atoms with Gasteiger partial charge in [-0.2, -0.15) is 0 Å². The van der Waals surface area contributed by atoms with Gasteiger partial charge in [-0.1, -0.05) is 12.1 Å². The number of nitrogen functional groups attached to an aromatic ring is 1. The number of para-hydroxylation sites is 2. The molecule has 0 radical (unpaired) electrons. The fourth-order valence-corrected chi connectivity index (χ4v) is 1.87. The molecule has 1 heterocycles. The summed E-state index contributed by atoms with van der Waals surface area (Å²) in [5.74, 6) is -1.59. The number of esters is 1. The second kappa shape index (κ2) is 5.06. The molecule has 5 nitrogen and oxygen atoms in total. The van der Waals surface area contributed by atoms with Crippen LogP contribution in [0.3, 0.4) is 0 Å². The largest absolute Gasteiger partial charge is 0.430 e. The molecule has 1 aromatic rings. The van der Waals surface area contributed by atoms with E-state index in [0.717, 1.165) is 0 Å². The monoisotopic (exact) mass is 258 g/mol. The van der Waals surface area contributed by atoms with Gasteiger partial charge in [-0.15, -0.1) is 0 Å². The molecule has 19 heavy (non-hydrogen) atoms. The molecule has 0 bridgehead atoms. The van der Waals surface area contributed by atoms with Crippen LogP contribution in [0.5, 0.6) is 0 Å². The van der Waals surface area contributed by atoms with E-state index in [0.29, 0.717) is 22.8 Å². The molecule has 1 aromatic carbocycles. The number of anilines is 1. The SMILES string of the molecule is CC1=CC(=O)[C@H](C(C)=Nc2ccccc2N)C(=O)O1. The summed E-state index contributed by atoms with van der Waals surface area (Å²) < 4.78 is 4.95. The minimum atomic E-state index is -0.983. The van der Waals surface area contributed by atoms with Crippen molar-refractivity contribution in [1.82, 2.24) is 0 Å². The highest BCUT2D eigenvalue weighted by molar-refractivity contribution is 6.23. The molecule has 1 aliphatic heterocycles. The number of allylic oxidation sites excluding steroid dienone is 2. The van der Waals surface area contributed by atoms with Crippen LogP contribution in [-0.4, -0.2) is 17.5 Å². The van der Waals surface area contributed by atoms with Crippen molar-refractivity contribution in [3.63, 3.8) is 0 Å². The van der Waals surface area contributed by atoms with Crippen molar-refractivity contribution in [3.05, 3.63) is 36.1 Å². The maximum atomic E-state index is 11.8. The number of nitrogens with two attached hydrogens (primary N) is 1. The number of cyclic esters (lactones) is 1. The van der Waals surface area contributed by atoms with Crippen molar-refractivity contribution in [2.24, 2.45) is 10.9 Å². The minimum absolute atomic E-state index is 0.304. The predicted octanol–water partition coefficient (Wildman–Crippen LogP) is 2.01. The molecule has 0 saturated carbocycles. The lowest BCUT2D eigenvalue weighted by Gasteiger charge is -2.18. The van der Waals surface area contributed by atoms with Gasteiger partial charge >= 0.3 is 5.97 Å². The van der Waals surface area contributed by atoms with Crippen molar-refractivity contribution in [3.8, 4) is 0 Å². The molecule has 0 aliphatic carbocycles. The zero-order chi connectivity index (χ0) is 14.0. The van der Waals surface area contributed by atoms with Gasteiger partial charge in [0.15, 0.2) is 11.7 Å². The van der Waals surface area contributed by atoms with Crippen molar-refractivity contribution in [2.45, 2.75) is 13.8 Å². The standard InChI is InChI=1S/C14H14N2O3/c1-8-7-12(17)13(14(18)19-8)9(2)16-11-6-4-3-5-10(11)15/h3-7,13H,15H2,1-2H3/t13-/m0/s1. The summed E-state index contributed by atoms with van der Waals surface area (Å²) in [6.45, 7) is 3.18. The van der Waals surface area contributed by atoms with E-state index in [-0.39, 0.29) is 5.78 Å². The van der Waals surface area contributed by atoms with Crippen molar-refractivity contribution in [1.29, 1.82) is 0 Å². The Balaban J connectivity index is 2.34. The number of carbonyl (C=O) groups is 2. The van der Waals surface area contributed by atoms with Crippen molar-refractivity contribution in [2.75, 3.05) is 5.73 Å². The van der Waals surface area contributed by atoms with Gasteiger partial charge in [-0.3, -0.25) is 14.6 Å². The summed E-state index contributed by atoms with van der Waals surface area (Å²) in [5.41, 5.74) is 7.17. The highest BCUT2D eigenvalue weighted by atomic mass is 16.5. The summed E-state index contributed by atoms with van der Waals surface area (Å²) in [7, 11) is 0. The number of rotatable bonds is 2. The van der Waals surface area contributed by atoms with E-state index in [1.165, 1.54) is 6.08 Å². The number of ether oxygens (including phenoxy) is 1. The first kappa shape index (κ1) is 13.0. The average Bonchev–Trinajstić information content (AvgIpc) is 2.30. The maximum Gasteiger partial charge on any atom is 0.327 e. The van der Waals surface area contributed by atoms with Crippen LogP contribution in [0, 0.1) is 5.92 Å². The van der Waals surface area contributed by atoms with Gasteiger partial charge in [0.2, 0.25) is 0 Å². The van der Waals surface area contributed by atoms with Crippen LogP contribution in [0.2, 0.25) is 0 Å². The average molecular weight is 258 g/mol. The van der Waals surface area contributed by atoms with Crippen LogP contribution in [0.1, 0.15) is 13.8 Å². The normalized spacial score (nSPS) is 20.0. The summed E-state index contributed by atoms with van der Waals surface area (Å²) in [6, 6.07) is 7.00. The lowest BCUT2D eigenvalue weighted by molar-refractivity contribution is -0.146. The molecule has 0 amide bonds. The second-order valence-corrected chi connectivity index (χ2v) is 4.32. The van der Waals surface area contributed by atoms with Gasteiger partial charge in [0.25, 0.3) is 0 Å². The van der Waals surface area contributed by atoms with E-state index < -0.39 is 11.9 Å². The number of aliphatic imine (C=N–C) groups is 1. The number of hydrogen-bond donors (Lipinski definition) is 1. The van der Waals surface area contributed by atoms with Gasteiger partial charge in [-0.05, 0) is 26.0 Å². The number of benzene rings is 1. The lowest BCUT2D eigenvalue weighted by Crippen LogP contribution is -2.34. The van der Waals surface area contributed by atoms with E-state index in [2.05, 4.69) is 4.99 Å². The van der Waals surface area contributed by atoms with E-state index in [9.17, 15) is 9.59 Å². The Hall–Kier alpha value is -2.43. The van der Waals surface area contributed by atoms with E-state index in [1.807, 2.05) is 0 Å². The Kier molecular flexibility index (Phi) is 3.46. The first-order valence-electron chi connectivity index (χ1n) is 5.82. The van der Waals surface area contributed by atoms with E-state index in [1.54, 1.807) is 38.1 Å². The molecule has 1 atom stereocenters. The topological polar surface area (TPSA) is 81.8 Å². The fourth-order valence-electron chi connectivity index (χ4n) is 1.87. The zero-order valence-electron chi connectivity index (χ0n) is 10.7. The van der Waals surface area contributed by atoms with Crippen LogP contribution in [0.25, 0.3) is 0 Å². The van der Waals surface area contributed by atoms with Gasteiger partial charge in [0.05, 0.1) is 11.4 Å². The highest BCUT2D eigenvalue weighted by Crippen LogP contribution is 2.24. The molecular formula is C14H14N2O3. The Morgan fingerprint density at radius 1 is 1.32 bits per heavy atom. The van der Waals surface area contributed by atoms with Crippen LogP contribution in [-0.2, 0) is 14.3 Å². The van der Waals surface area contributed by atoms with Crippen LogP contribution >= 0.6 is 0 Å². The third-order valence-electron chi connectivity index (χ3n) is 2.78. The Labute approximate surface area is 110 Å². The number of nitrogens with zero attached hydrogens (tertiary/aromatic N) is 1. The van der Waals surface area contributed by atoms with Crippen LogP contribution in [0.4, 0.5) is 11.4 Å². The molecule has 0 spiro atoms. The summed E-state index contributed by atoms with van der Waals surface area (Å²) in [4.78, 5) is 27.8. The third kappa shape index (κ3) is 2.70. The van der Waals surface area contributed by atoms with Gasteiger partial charge in [0.1, 0.15) is 5.76 Å². The maximum absolute atomic E-state index is 11.8. The Morgan fingerprint density at radius 3 is 2.63 bits per heavy atom.